The van der Waals surface area contributed by atoms with Gasteiger partial charge in [0, 0.05) is 0 Å². The summed E-state index contributed by atoms with van der Waals surface area (Å²) in [4.78, 5) is 0. The molecule has 1 heteroatoms. The van der Waals surface area contributed by atoms with Crippen molar-refractivity contribution in [2.75, 3.05) is 7.11 Å². The van der Waals surface area contributed by atoms with Crippen molar-refractivity contribution >= 4 is 0 Å². The molecule has 0 heterocycles. The lowest BCUT2D eigenvalue weighted by Crippen LogP contribution is -2.25. The van der Waals surface area contributed by atoms with Gasteiger partial charge in [0.05, 0.1) is 7.11 Å². The number of hydrogen-bond donors (Lipinski definition) is 0. The van der Waals surface area contributed by atoms with Gasteiger partial charge in [-0.3, -0.25) is 0 Å². The summed E-state index contributed by atoms with van der Waals surface area (Å²) in [5.41, 5.74) is 1.52. The lowest BCUT2D eigenvalue weighted by atomic mass is 9.68. The molecule has 0 unspecified atom stereocenters. The number of hydrogen-bond acceptors (Lipinski definition) is 1. The molecule has 2 fully saturated rings. The third-order valence-corrected chi connectivity index (χ3v) is 6.70. The number of allylic oxidation sites excluding steroid dienone is 1. The van der Waals surface area contributed by atoms with Gasteiger partial charge in [-0.15, -0.1) is 6.58 Å². The quantitative estimate of drug-likeness (QED) is 0.526. The summed E-state index contributed by atoms with van der Waals surface area (Å²) in [6.07, 6.45) is 16.2. The Morgan fingerprint density at radius 3 is 2.04 bits per heavy atom. The molecule has 2 aliphatic carbocycles. The second-order valence-electron chi connectivity index (χ2n) is 8.03. The highest BCUT2D eigenvalue weighted by atomic mass is 16.5. The molecular weight excluding hydrogens is 292 g/mol. The first kappa shape index (κ1) is 17.6. The van der Waals surface area contributed by atoms with Gasteiger partial charge in [-0.2, -0.15) is 0 Å². The summed E-state index contributed by atoms with van der Waals surface area (Å²) >= 11 is 0. The Labute approximate surface area is 148 Å². The zero-order chi connectivity index (χ0) is 16.8. The molecule has 0 saturated heterocycles. The van der Waals surface area contributed by atoms with E-state index >= 15 is 0 Å². The standard InChI is InChI=1S/C23H34O/c1-3-4-5-18-6-8-19(9-7-18)20-10-12-21(13-11-20)22-14-16-23(24-2)17-15-22/h3,14-21H,1,4-13H2,2H3. The first-order valence-corrected chi connectivity index (χ1v) is 10.0. The summed E-state index contributed by atoms with van der Waals surface area (Å²) in [6.45, 7) is 3.87. The number of ether oxygens (including phenoxy) is 1. The zero-order valence-electron chi connectivity index (χ0n) is 15.4. The van der Waals surface area contributed by atoms with E-state index in [2.05, 4.69) is 36.9 Å². The van der Waals surface area contributed by atoms with Crippen LogP contribution in [0.4, 0.5) is 0 Å². The van der Waals surface area contributed by atoms with Crippen molar-refractivity contribution < 1.29 is 4.74 Å². The highest BCUT2D eigenvalue weighted by Gasteiger charge is 2.31. The molecule has 0 spiro atoms. The number of rotatable bonds is 6. The minimum Gasteiger partial charge on any atom is -0.497 e. The molecule has 0 N–H and O–H groups in total. The average Bonchev–Trinajstić information content (AvgIpc) is 2.67. The van der Waals surface area contributed by atoms with Crippen LogP contribution in [0.1, 0.15) is 75.7 Å². The molecule has 24 heavy (non-hydrogen) atoms. The van der Waals surface area contributed by atoms with E-state index in [1.165, 1.54) is 69.8 Å². The van der Waals surface area contributed by atoms with Gasteiger partial charge < -0.3 is 4.74 Å². The number of methoxy groups -OCH3 is 1. The molecule has 0 amide bonds. The van der Waals surface area contributed by atoms with Crippen molar-refractivity contribution in [1.82, 2.24) is 0 Å². The zero-order valence-corrected chi connectivity index (χ0v) is 15.4. The van der Waals surface area contributed by atoms with Crippen LogP contribution in [-0.2, 0) is 0 Å². The lowest BCUT2D eigenvalue weighted by molar-refractivity contribution is 0.157. The van der Waals surface area contributed by atoms with Crippen LogP contribution in [0.2, 0.25) is 0 Å². The highest BCUT2D eigenvalue weighted by molar-refractivity contribution is 5.29. The Morgan fingerprint density at radius 1 is 0.917 bits per heavy atom. The van der Waals surface area contributed by atoms with Gasteiger partial charge in [0.25, 0.3) is 0 Å². The maximum atomic E-state index is 5.28. The van der Waals surface area contributed by atoms with E-state index in [4.69, 9.17) is 4.74 Å². The fourth-order valence-corrected chi connectivity index (χ4v) is 5.10. The molecule has 3 rings (SSSR count). The van der Waals surface area contributed by atoms with Crippen LogP contribution >= 0.6 is 0 Å². The largest absolute Gasteiger partial charge is 0.497 e. The van der Waals surface area contributed by atoms with Gasteiger partial charge in [0.15, 0.2) is 0 Å². The van der Waals surface area contributed by atoms with Gasteiger partial charge in [0.2, 0.25) is 0 Å². The molecule has 0 radical (unpaired) electrons. The molecule has 2 saturated carbocycles. The Kier molecular flexibility index (Phi) is 6.40. The predicted molar refractivity (Wildman–Crippen MR) is 103 cm³/mol. The van der Waals surface area contributed by atoms with Crippen molar-refractivity contribution in [2.45, 2.75) is 70.1 Å². The summed E-state index contributed by atoms with van der Waals surface area (Å²) in [5.74, 6) is 4.74. The van der Waals surface area contributed by atoms with Crippen molar-refractivity contribution in [1.29, 1.82) is 0 Å². The van der Waals surface area contributed by atoms with Crippen molar-refractivity contribution in [2.24, 2.45) is 17.8 Å². The third kappa shape index (κ3) is 4.43. The first-order valence-electron chi connectivity index (χ1n) is 10.0. The molecule has 1 nitrogen and oxygen atoms in total. The van der Waals surface area contributed by atoms with Crippen LogP contribution < -0.4 is 4.74 Å². The van der Waals surface area contributed by atoms with Gasteiger partial charge >= 0.3 is 0 Å². The van der Waals surface area contributed by atoms with E-state index in [1.54, 1.807) is 7.11 Å². The molecule has 0 bridgehead atoms. The topological polar surface area (TPSA) is 9.23 Å². The van der Waals surface area contributed by atoms with Gasteiger partial charge in [-0.1, -0.05) is 31.1 Å². The van der Waals surface area contributed by atoms with Crippen LogP contribution in [0.15, 0.2) is 36.9 Å². The monoisotopic (exact) mass is 326 g/mol. The normalized spacial score (nSPS) is 30.7. The molecule has 132 valence electrons. The summed E-state index contributed by atoms with van der Waals surface area (Å²) in [7, 11) is 1.74. The van der Waals surface area contributed by atoms with Crippen molar-refractivity contribution in [3.8, 4) is 5.75 Å². The molecule has 1 aromatic rings. The Bertz CT molecular complexity index is 487. The summed E-state index contributed by atoms with van der Waals surface area (Å²) < 4.78 is 5.28. The minimum atomic E-state index is 0.774. The minimum absolute atomic E-state index is 0.774. The van der Waals surface area contributed by atoms with E-state index in [-0.39, 0.29) is 0 Å². The van der Waals surface area contributed by atoms with E-state index in [9.17, 15) is 0 Å². The molecule has 0 atom stereocenters. The Hall–Kier alpha value is -1.24. The van der Waals surface area contributed by atoms with Crippen LogP contribution in [0.25, 0.3) is 0 Å². The van der Waals surface area contributed by atoms with Gasteiger partial charge in [-0.25, -0.2) is 0 Å². The van der Waals surface area contributed by atoms with Crippen molar-refractivity contribution in [3.05, 3.63) is 42.5 Å². The third-order valence-electron chi connectivity index (χ3n) is 6.70. The van der Waals surface area contributed by atoms with Crippen molar-refractivity contribution in [3.63, 3.8) is 0 Å². The lowest BCUT2D eigenvalue weighted by Gasteiger charge is -2.38. The summed E-state index contributed by atoms with van der Waals surface area (Å²) in [6, 6.07) is 8.78. The van der Waals surface area contributed by atoms with E-state index < -0.39 is 0 Å². The maximum Gasteiger partial charge on any atom is 0.118 e. The molecule has 0 aliphatic heterocycles. The fourth-order valence-electron chi connectivity index (χ4n) is 5.10. The van der Waals surface area contributed by atoms with E-state index in [0.717, 1.165) is 29.4 Å². The number of benzene rings is 1. The van der Waals surface area contributed by atoms with Crippen LogP contribution in [-0.4, -0.2) is 7.11 Å². The smallest absolute Gasteiger partial charge is 0.118 e. The molecule has 2 aliphatic rings. The predicted octanol–water partition coefficient (Wildman–Crippen LogP) is 6.74. The first-order chi connectivity index (χ1) is 11.8. The average molecular weight is 327 g/mol. The molecule has 1 aromatic carbocycles. The van der Waals surface area contributed by atoms with Crippen LogP contribution in [0.5, 0.6) is 5.75 Å². The second kappa shape index (κ2) is 8.74. The molecular formula is C23H34O. The van der Waals surface area contributed by atoms with Gasteiger partial charge in [-0.05, 0) is 92.7 Å². The fraction of sp³-hybridized carbons (Fsp3) is 0.652. The Morgan fingerprint density at radius 2 is 1.50 bits per heavy atom. The maximum absolute atomic E-state index is 5.28. The summed E-state index contributed by atoms with van der Waals surface area (Å²) in [5, 5.41) is 0. The van der Waals surface area contributed by atoms with Crippen LogP contribution in [0, 0.1) is 17.8 Å². The molecule has 0 aromatic heterocycles. The Balaban J connectivity index is 1.44. The van der Waals surface area contributed by atoms with E-state index in [1.807, 2.05) is 0 Å². The SMILES string of the molecule is C=CCCC1CCC(C2CCC(c3ccc(OC)cc3)CC2)CC1. The van der Waals surface area contributed by atoms with Gasteiger partial charge in [0.1, 0.15) is 5.75 Å². The van der Waals surface area contributed by atoms with Crippen LogP contribution in [0.3, 0.4) is 0 Å². The van der Waals surface area contributed by atoms with E-state index in [0.29, 0.717) is 0 Å². The highest BCUT2D eigenvalue weighted by Crippen LogP contribution is 2.44. The second-order valence-corrected chi connectivity index (χ2v) is 8.03.